The van der Waals surface area contributed by atoms with E-state index in [-0.39, 0.29) is 22.1 Å². The summed E-state index contributed by atoms with van der Waals surface area (Å²) in [5, 5.41) is 2.57. The SMILES string of the molecule is CC[C@H](C)NS(=O)(=O)c1ccc(NC(=O)CN2C(=O)c3ccccc3C2=O)cc1. The van der Waals surface area contributed by atoms with Crippen molar-refractivity contribution in [2.75, 3.05) is 11.9 Å². The Balaban J connectivity index is 1.65. The highest BCUT2D eigenvalue weighted by Gasteiger charge is 2.36. The lowest BCUT2D eigenvalue weighted by Crippen LogP contribution is -2.37. The number of carbonyl (C=O) groups excluding carboxylic acids is 3. The normalized spacial score (nSPS) is 14.6. The van der Waals surface area contributed by atoms with Crippen molar-refractivity contribution in [3.63, 3.8) is 0 Å². The Morgan fingerprint density at radius 1 is 1.00 bits per heavy atom. The van der Waals surface area contributed by atoms with E-state index in [1.807, 2.05) is 6.92 Å². The van der Waals surface area contributed by atoms with Crippen molar-refractivity contribution in [2.24, 2.45) is 0 Å². The van der Waals surface area contributed by atoms with Gasteiger partial charge >= 0.3 is 0 Å². The highest BCUT2D eigenvalue weighted by atomic mass is 32.2. The van der Waals surface area contributed by atoms with Gasteiger partial charge in [-0.1, -0.05) is 19.1 Å². The molecule has 2 aromatic rings. The lowest BCUT2D eigenvalue weighted by molar-refractivity contribution is -0.116. The number of amides is 3. The first kappa shape index (κ1) is 20.7. The van der Waals surface area contributed by atoms with Gasteiger partial charge in [0, 0.05) is 11.7 Å². The minimum Gasteiger partial charge on any atom is -0.325 e. The highest BCUT2D eigenvalue weighted by Crippen LogP contribution is 2.22. The second-order valence-corrected chi connectivity index (χ2v) is 8.46. The molecule has 1 aliphatic heterocycles. The van der Waals surface area contributed by atoms with Crippen LogP contribution in [0.2, 0.25) is 0 Å². The van der Waals surface area contributed by atoms with Crippen molar-refractivity contribution in [3.05, 3.63) is 59.7 Å². The predicted octanol–water partition coefficient (Wildman–Crippen LogP) is 2.00. The monoisotopic (exact) mass is 415 g/mol. The van der Waals surface area contributed by atoms with Gasteiger partial charge in [-0.3, -0.25) is 19.3 Å². The van der Waals surface area contributed by atoms with Gasteiger partial charge in [0.25, 0.3) is 11.8 Å². The molecule has 0 saturated carbocycles. The molecular weight excluding hydrogens is 394 g/mol. The maximum atomic E-state index is 12.3. The largest absolute Gasteiger partial charge is 0.325 e. The number of anilines is 1. The molecule has 1 atom stereocenters. The van der Waals surface area contributed by atoms with Crippen LogP contribution >= 0.6 is 0 Å². The quantitative estimate of drug-likeness (QED) is 0.672. The topological polar surface area (TPSA) is 113 Å². The van der Waals surface area contributed by atoms with E-state index in [1.54, 1.807) is 31.2 Å². The van der Waals surface area contributed by atoms with E-state index in [0.29, 0.717) is 12.1 Å². The summed E-state index contributed by atoms with van der Waals surface area (Å²) in [6, 6.07) is 11.8. The molecule has 1 heterocycles. The third-order valence-corrected chi connectivity index (χ3v) is 6.20. The summed E-state index contributed by atoms with van der Waals surface area (Å²) >= 11 is 0. The maximum Gasteiger partial charge on any atom is 0.262 e. The van der Waals surface area contributed by atoms with Crippen LogP contribution in [0.25, 0.3) is 0 Å². The van der Waals surface area contributed by atoms with E-state index in [9.17, 15) is 22.8 Å². The molecule has 9 heteroatoms. The summed E-state index contributed by atoms with van der Waals surface area (Å²) < 4.78 is 27.1. The van der Waals surface area contributed by atoms with Crippen molar-refractivity contribution < 1.29 is 22.8 Å². The zero-order chi connectivity index (χ0) is 21.2. The third kappa shape index (κ3) is 4.36. The fourth-order valence-corrected chi connectivity index (χ4v) is 4.19. The molecule has 152 valence electrons. The fourth-order valence-electron chi connectivity index (χ4n) is 2.86. The van der Waals surface area contributed by atoms with Gasteiger partial charge in [-0.2, -0.15) is 0 Å². The first-order valence-corrected chi connectivity index (χ1v) is 10.6. The Bertz CT molecular complexity index is 1030. The molecule has 0 saturated heterocycles. The van der Waals surface area contributed by atoms with Crippen molar-refractivity contribution in [2.45, 2.75) is 31.2 Å². The van der Waals surface area contributed by atoms with Crippen molar-refractivity contribution in [3.8, 4) is 0 Å². The summed E-state index contributed by atoms with van der Waals surface area (Å²) in [6.45, 7) is 3.22. The van der Waals surface area contributed by atoms with Gasteiger partial charge in [0.2, 0.25) is 15.9 Å². The summed E-state index contributed by atoms with van der Waals surface area (Å²) in [4.78, 5) is 37.9. The van der Waals surface area contributed by atoms with E-state index in [0.717, 1.165) is 4.90 Å². The number of rotatable bonds is 7. The van der Waals surface area contributed by atoms with E-state index < -0.39 is 34.3 Å². The molecule has 0 radical (unpaired) electrons. The molecule has 0 unspecified atom stereocenters. The lowest BCUT2D eigenvalue weighted by atomic mass is 10.1. The number of sulfonamides is 1. The molecule has 0 aliphatic carbocycles. The Morgan fingerprint density at radius 2 is 1.55 bits per heavy atom. The van der Waals surface area contributed by atoms with Gasteiger partial charge in [0.05, 0.1) is 16.0 Å². The molecule has 2 aromatic carbocycles. The zero-order valence-electron chi connectivity index (χ0n) is 16.0. The van der Waals surface area contributed by atoms with Crippen LogP contribution in [0.1, 0.15) is 41.0 Å². The minimum atomic E-state index is -3.64. The second-order valence-electron chi connectivity index (χ2n) is 6.75. The summed E-state index contributed by atoms with van der Waals surface area (Å²) in [5.41, 5.74) is 0.899. The number of carbonyl (C=O) groups is 3. The van der Waals surface area contributed by atoms with Gasteiger partial charge in [0.1, 0.15) is 6.54 Å². The number of benzene rings is 2. The van der Waals surface area contributed by atoms with Crippen LogP contribution in [0.15, 0.2) is 53.4 Å². The number of fused-ring (bicyclic) bond motifs is 1. The van der Waals surface area contributed by atoms with Gasteiger partial charge in [-0.15, -0.1) is 0 Å². The number of imide groups is 1. The van der Waals surface area contributed by atoms with Crippen molar-refractivity contribution >= 4 is 33.4 Å². The fraction of sp³-hybridized carbons (Fsp3) is 0.250. The number of nitrogens with zero attached hydrogens (tertiary/aromatic N) is 1. The Labute approximate surface area is 169 Å². The van der Waals surface area contributed by atoms with E-state index >= 15 is 0 Å². The van der Waals surface area contributed by atoms with Gasteiger partial charge < -0.3 is 5.32 Å². The van der Waals surface area contributed by atoms with Gasteiger partial charge in [-0.05, 0) is 49.7 Å². The van der Waals surface area contributed by atoms with Gasteiger partial charge in [-0.25, -0.2) is 13.1 Å². The van der Waals surface area contributed by atoms with Crippen LogP contribution in [-0.4, -0.2) is 43.6 Å². The summed E-state index contributed by atoms with van der Waals surface area (Å²) in [5.74, 6) is -1.59. The molecule has 29 heavy (non-hydrogen) atoms. The molecule has 2 N–H and O–H groups in total. The second kappa shape index (κ2) is 8.14. The molecule has 0 bridgehead atoms. The van der Waals surface area contributed by atoms with Crippen LogP contribution in [0, 0.1) is 0 Å². The Kier molecular flexibility index (Phi) is 5.81. The van der Waals surface area contributed by atoms with Crippen LogP contribution in [0.5, 0.6) is 0 Å². The van der Waals surface area contributed by atoms with Crippen LogP contribution in [0.4, 0.5) is 5.69 Å². The van der Waals surface area contributed by atoms with E-state index in [1.165, 1.54) is 24.3 Å². The zero-order valence-corrected chi connectivity index (χ0v) is 16.8. The first-order valence-electron chi connectivity index (χ1n) is 9.10. The smallest absolute Gasteiger partial charge is 0.262 e. The van der Waals surface area contributed by atoms with Crippen molar-refractivity contribution in [1.29, 1.82) is 0 Å². The van der Waals surface area contributed by atoms with Crippen LogP contribution in [-0.2, 0) is 14.8 Å². The van der Waals surface area contributed by atoms with Crippen LogP contribution < -0.4 is 10.0 Å². The molecule has 8 nitrogen and oxygen atoms in total. The van der Waals surface area contributed by atoms with E-state index in [4.69, 9.17) is 0 Å². The van der Waals surface area contributed by atoms with E-state index in [2.05, 4.69) is 10.0 Å². The first-order chi connectivity index (χ1) is 13.7. The summed E-state index contributed by atoms with van der Waals surface area (Å²) in [7, 11) is -3.64. The molecule has 0 spiro atoms. The minimum absolute atomic E-state index is 0.0798. The summed E-state index contributed by atoms with van der Waals surface area (Å²) in [6.07, 6.45) is 0.658. The third-order valence-electron chi connectivity index (χ3n) is 4.60. The molecule has 3 amide bonds. The highest BCUT2D eigenvalue weighted by molar-refractivity contribution is 7.89. The molecule has 1 aliphatic rings. The van der Waals surface area contributed by atoms with Crippen molar-refractivity contribution in [1.82, 2.24) is 9.62 Å². The molecular formula is C20H21N3O5S. The maximum absolute atomic E-state index is 12.3. The average molecular weight is 415 g/mol. The molecule has 0 fully saturated rings. The Hall–Kier alpha value is -3.04. The Morgan fingerprint density at radius 3 is 2.07 bits per heavy atom. The number of hydrogen-bond donors (Lipinski definition) is 2. The molecule has 3 rings (SSSR count). The molecule has 0 aromatic heterocycles. The van der Waals surface area contributed by atoms with Gasteiger partial charge in [0.15, 0.2) is 0 Å². The van der Waals surface area contributed by atoms with Crippen LogP contribution in [0.3, 0.4) is 0 Å². The number of nitrogens with one attached hydrogen (secondary N) is 2. The lowest BCUT2D eigenvalue weighted by Gasteiger charge is -2.14. The predicted molar refractivity (Wildman–Crippen MR) is 107 cm³/mol. The number of hydrogen-bond acceptors (Lipinski definition) is 5. The average Bonchev–Trinajstić information content (AvgIpc) is 2.93. The standard InChI is InChI=1S/C20H21N3O5S/c1-3-13(2)22-29(27,28)15-10-8-14(9-11-15)21-18(24)12-23-19(25)16-6-4-5-7-17(16)20(23)26/h4-11,13,22H,3,12H2,1-2H3,(H,21,24)/t13-/m0/s1.